The van der Waals surface area contributed by atoms with Gasteiger partial charge in [0, 0.05) is 10.6 Å². The molecule has 3 atom stereocenters. The van der Waals surface area contributed by atoms with Gasteiger partial charge < -0.3 is 10.5 Å². The van der Waals surface area contributed by atoms with Crippen LogP contribution in [0.4, 0.5) is 0 Å². The predicted octanol–water partition coefficient (Wildman–Crippen LogP) is 2.43. The molecule has 0 amide bonds. The Morgan fingerprint density at radius 3 is 2.95 bits per heavy atom. The first-order valence-electron chi connectivity index (χ1n) is 6.86. The Morgan fingerprint density at radius 1 is 1.50 bits per heavy atom. The first-order valence-corrected chi connectivity index (χ1v) is 7.24. The van der Waals surface area contributed by atoms with Crippen molar-refractivity contribution in [2.75, 3.05) is 0 Å². The van der Waals surface area contributed by atoms with Crippen molar-refractivity contribution in [2.24, 2.45) is 10.7 Å². The van der Waals surface area contributed by atoms with Crippen molar-refractivity contribution in [1.82, 2.24) is 0 Å². The molecule has 1 heterocycles. The van der Waals surface area contributed by atoms with Crippen LogP contribution in [-0.2, 0) is 15.1 Å². The van der Waals surface area contributed by atoms with Crippen molar-refractivity contribution in [2.45, 2.75) is 43.9 Å². The number of benzene rings is 1. The Bertz CT molecular complexity index is 585. The minimum atomic E-state index is -0.914. The fraction of sp³-hybridized carbons (Fsp3) is 0.467. The second-order valence-electron chi connectivity index (χ2n) is 5.44. The van der Waals surface area contributed by atoms with Crippen LogP contribution < -0.4 is 5.73 Å². The summed E-state index contributed by atoms with van der Waals surface area (Å²) in [6.07, 6.45) is 1.82. The molecule has 1 aromatic carbocycles. The molecule has 106 valence electrons. The average Bonchev–Trinajstić information content (AvgIpc) is 2.39. The Balaban J connectivity index is 2.19. The molecule has 0 radical (unpaired) electrons. The highest BCUT2D eigenvalue weighted by atomic mass is 35.5. The van der Waals surface area contributed by atoms with Crippen LogP contribution in [0.15, 0.2) is 29.3 Å². The van der Waals surface area contributed by atoms with Crippen molar-refractivity contribution in [3.8, 4) is 0 Å². The van der Waals surface area contributed by atoms with E-state index in [2.05, 4.69) is 4.99 Å². The number of ketones is 1. The quantitative estimate of drug-likeness (QED) is 0.910. The van der Waals surface area contributed by atoms with Crippen LogP contribution in [0, 0.1) is 0 Å². The molecule has 20 heavy (non-hydrogen) atoms. The van der Waals surface area contributed by atoms with E-state index in [4.69, 9.17) is 22.1 Å². The van der Waals surface area contributed by atoms with E-state index in [0.29, 0.717) is 17.3 Å². The van der Waals surface area contributed by atoms with Crippen LogP contribution in [-0.4, -0.2) is 23.8 Å². The molecular weight excluding hydrogens is 276 g/mol. The molecule has 1 fully saturated rings. The lowest BCUT2D eigenvalue weighted by molar-refractivity contribution is -0.137. The van der Waals surface area contributed by atoms with E-state index >= 15 is 0 Å². The molecule has 2 bridgehead atoms. The molecule has 0 aromatic heterocycles. The van der Waals surface area contributed by atoms with Gasteiger partial charge in [-0.1, -0.05) is 29.8 Å². The number of rotatable bonds is 2. The first kappa shape index (κ1) is 13.6. The van der Waals surface area contributed by atoms with Crippen LogP contribution in [0.5, 0.6) is 0 Å². The molecule has 2 N–H and O–H groups in total. The number of ether oxygens (including phenoxy) is 1. The fourth-order valence-electron chi connectivity index (χ4n) is 2.98. The van der Waals surface area contributed by atoms with Crippen LogP contribution >= 0.6 is 11.6 Å². The van der Waals surface area contributed by atoms with E-state index in [-0.39, 0.29) is 11.8 Å². The second-order valence-corrected chi connectivity index (χ2v) is 5.85. The minimum Gasteiger partial charge on any atom is -0.468 e. The van der Waals surface area contributed by atoms with Crippen molar-refractivity contribution < 1.29 is 9.53 Å². The third-order valence-corrected chi connectivity index (χ3v) is 4.31. The number of nitrogens with zero attached hydrogens (tertiary/aromatic N) is 1. The Hall–Kier alpha value is -1.39. The predicted molar refractivity (Wildman–Crippen MR) is 77.9 cm³/mol. The molecule has 1 unspecified atom stereocenters. The summed E-state index contributed by atoms with van der Waals surface area (Å²) in [6, 6.07) is 7.06. The Morgan fingerprint density at radius 2 is 2.25 bits per heavy atom. The molecule has 1 saturated carbocycles. The number of hydrogen-bond donors (Lipinski definition) is 1. The summed E-state index contributed by atoms with van der Waals surface area (Å²) < 4.78 is 5.65. The molecule has 1 aromatic rings. The van der Waals surface area contributed by atoms with Crippen molar-refractivity contribution in [3.63, 3.8) is 0 Å². The van der Waals surface area contributed by atoms with Crippen LogP contribution in [0.25, 0.3) is 0 Å². The highest BCUT2D eigenvalue weighted by Gasteiger charge is 2.51. The van der Waals surface area contributed by atoms with E-state index in [0.717, 1.165) is 18.4 Å². The summed E-state index contributed by atoms with van der Waals surface area (Å²) in [7, 11) is 0. The number of carbonyl (C=O) groups excluding carboxylic acids is 1. The zero-order valence-corrected chi connectivity index (χ0v) is 12.1. The van der Waals surface area contributed by atoms with E-state index in [9.17, 15) is 4.79 Å². The highest BCUT2D eigenvalue weighted by Crippen LogP contribution is 2.44. The van der Waals surface area contributed by atoms with Gasteiger partial charge in [-0.05, 0) is 32.3 Å². The Labute approximate surface area is 123 Å². The van der Waals surface area contributed by atoms with Crippen molar-refractivity contribution in [1.29, 1.82) is 0 Å². The molecule has 2 aliphatic rings. The number of carbonyl (C=O) groups is 1. The number of hydrogen-bond acceptors (Lipinski definition) is 4. The van der Waals surface area contributed by atoms with Gasteiger partial charge in [-0.3, -0.25) is 4.79 Å². The van der Waals surface area contributed by atoms with E-state index < -0.39 is 11.6 Å². The van der Waals surface area contributed by atoms with Crippen molar-refractivity contribution in [3.05, 3.63) is 34.9 Å². The summed E-state index contributed by atoms with van der Waals surface area (Å²) in [4.78, 5) is 17.3. The van der Waals surface area contributed by atoms with Crippen LogP contribution in [0.1, 0.15) is 31.7 Å². The fourth-order valence-corrected chi connectivity index (χ4v) is 3.27. The molecule has 0 spiro atoms. The number of halogens is 1. The summed E-state index contributed by atoms with van der Waals surface area (Å²) in [5.74, 6) is 0.454. The molecular formula is C15H17ClN2O2. The first-order chi connectivity index (χ1) is 9.54. The SMILES string of the molecule is CC(N)C1=N[C@@]2(c3ccccc3Cl)CCC[C@@H](O1)C2=O. The molecule has 1 aliphatic carbocycles. The standard InChI is InChI=1S/C15H17ClN2O2/c1-9(17)14-18-15(10-5-2-3-6-11(10)16)8-4-7-12(20-14)13(15)19/h2-3,5-6,9,12H,4,7-8,17H2,1H3/t9?,12-,15-/m1/s1. The third-order valence-electron chi connectivity index (χ3n) is 3.98. The van der Waals surface area contributed by atoms with Gasteiger partial charge in [-0.15, -0.1) is 0 Å². The normalized spacial score (nSPS) is 30.4. The summed E-state index contributed by atoms with van der Waals surface area (Å²) in [6.45, 7) is 1.81. The third kappa shape index (κ3) is 1.95. The maximum absolute atomic E-state index is 12.7. The maximum Gasteiger partial charge on any atom is 0.205 e. The highest BCUT2D eigenvalue weighted by molar-refractivity contribution is 6.32. The average molecular weight is 293 g/mol. The zero-order chi connectivity index (χ0) is 14.3. The van der Waals surface area contributed by atoms with Gasteiger partial charge >= 0.3 is 0 Å². The van der Waals surface area contributed by atoms with Gasteiger partial charge in [0.05, 0.1) is 6.04 Å². The lowest BCUT2D eigenvalue weighted by atomic mass is 9.74. The number of aliphatic imine (C=N–C) groups is 1. The minimum absolute atomic E-state index is 0.00116. The van der Waals surface area contributed by atoms with Gasteiger partial charge in [0.2, 0.25) is 11.7 Å². The van der Waals surface area contributed by atoms with Gasteiger partial charge in [0.1, 0.15) is 0 Å². The molecule has 3 rings (SSSR count). The smallest absolute Gasteiger partial charge is 0.205 e. The van der Waals surface area contributed by atoms with E-state index in [1.165, 1.54) is 0 Å². The number of Topliss-reactive ketones (excluding diaryl/α,β-unsaturated/α-hetero) is 1. The number of nitrogens with two attached hydrogens (primary N) is 1. The lowest BCUT2D eigenvalue weighted by Gasteiger charge is -2.42. The van der Waals surface area contributed by atoms with Crippen LogP contribution in [0.3, 0.4) is 0 Å². The van der Waals surface area contributed by atoms with E-state index in [1.54, 1.807) is 6.07 Å². The summed E-state index contributed by atoms with van der Waals surface area (Å²) in [5.41, 5.74) is 5.74. The topological polar surface area (TPSA) is 64.7 Å². The van der Waals surface area contributed by atoms with Gasteiger partial charge in [-0.2, -0.15) is 0 Å². The molecule has 0 saturated heterocycles. The van der Waals surface area contributed by atoms with Gasteiger partial charge in [0.25, 0.3) is 0 Å². The van der Waals surface area contributed by atoms with Gasteiger partial charge in [0.15, 0.2) is 11.6 Å². The second kappa shape index (κ2) is 4.86. The van der Waals surface area contributed by atoms with Crippen molar-refractivity contribution >= 4 is 23.3 Å². The maximum atomic E-state index is 12.7. The monoisotopic (exact) mass is 292 g/mol. The van der Waals surface area contributed by atoms with Crippen LogP contribution in [0.2, 0.25) is 5.02 Å². The molecule has 1 aliphatic heterocycles. The molecule has 4 nitrogen and oxygen atoms in total. The van der Waals surface area contributed by atoms with E-state index in [1.807, 2.05) is 25.1 Å². The Kier molecular flexibility index (Phi) is 3.30. The summed E-state index contributed by atoms with van der Waals surface area (Å²) >= 11 is 6.30. The largest absolute Gasteiger partial charge is 0.468 e. The lowest BCUT2D eigenvalue weighted by Crippen LogP contribution is -2.53. The van der Waals surface area contributed by atoms with Gasteiger partial charge in [-0.25, -0.2) is 4.99 Å². The number of fused-ring (bicyclic) bond motifs is 2. The summed E-state index contributed by atoms with van der Waals surface area (Å²) in [5, 5.41) is 0.566. The molecule has 5 heteroatoms. The zero-order valence-electron chi connectivity index (χ0n) is 11.3.